The van der Waals surface area contributed by atoms with E-state index in [0.29, 0.717) is 0 Å². The Morgan fingerprint density at radius 3 is 2.00 bits per heavy atom. The Bertz CT molecular complexity index is 685. The van der Waals surface area contributed by atoms with Gasteiger partial charge in [-0.05, 0) is 41.3 Å². The maximum atomic E-state index is 7.36. The van der Waals surface area contributed by atoms with Gasteiger partial charge in [0.1, 0.15) is 6.10 Å². The zero-order chi connectivity index (χ0) is 21.2. The topological polar surface area (TPSA) is 31.0 Å². The van der Waals surface area contributed by atoms with Gasteiger partial charge in [-0.2, -0.15) is 0 Å². The van der Waals surface area contributed by atoms with E-state index in [9.17, 15) is 0 Å². The largest absolute Gasteiger partial charge is 0.408 e. The van der Waals surface area contributed by atoms with Crippen LogP contribution in [0.3, 0.4) is 0 Å². The molecule has 1 aromatic rings. The first-order valence-electron chi connectivity index (χ1n) is 10.7. The van der Waals surface area contributed by atoms with Crippen LogP contribution in [0.15, 0.2) is 30.3 Å². The third-order valence-electron chi connectivity index (χ3n) is 6.62. The summed E-state index contributed by atoms with van der Waals surface area (Å²) in [6.45, 7) is 23.2. The van der Waals surface area contributed by atoms with Crippen molar-refractivity contribution in [3.8, 4) is 0 Å². The second kappa shape index (κ2) is 6.77. The van der Waals surface area contributed by atoms with Crippen LogP contribution in [0.25, 0.3) is 0 Å². The third kappa shape index (κ3) is 3.69. The van der Waals surface area contributed by atoms with E-state index in [4.69, 9.17) is 13.6 Å². The molecule has 3 nitrogen and oxygen atoms in total. The monoisotopic (exact) mass is 420 g/mol. The highest BCUT2D eigenvalue weighted by Crippen LogP contribution is 2.65. The lowest BCUT2D eigenvalue weighted by molar-refractivity contribution is -0.0450. The molecule has 3 rings (SSSR count). The minimum atomic E-state index is -2.26. The summed E-state index contributed by atoms with van der Waals surface area (Å²) in [4.78, 5) is 0. The predicted octanol–water partition coefficient (Wildman–Crippen LogP) is 6.89. The molecule has 1 aromatic carbocycles. The standard InChI is InChI=1S/C23H40O3Si2/c1-17-20(18-14-12-11-13-15-18)25-28(21(2,3)4,22(5,6)7)16-19-23(17,24-19)26-27(8,9)10/h11-15,17,19-20H,16H2,1-10H3/t17-,19+,20+,23?/m1/s1. The molecule has 0 aliphatic carbocycles. The molecular formula is C23H40O3Si2. The minimum absolute atomic E-state index is 0.00448. The van der Waals surface area contributed by atoms with Gasteiger partial charge >= 0.3 is 0 Å². The summed E-state index contributed by atoms with van der Waals surface area (Å²) in [5.41, 5.74) is 1.25. The molecule has 0 saturated carbocycles. The summed E-state index contributed by atoms with van der Waals surface area (Å²) in [5.74, 6) is -0.332. The van der Waals surface area contributed by atoms with Gasteiger partial charge in [0.25, 0.3) is 0 Å². The van der Waals surface area contributed by atoms with Crippen LogP contribution in [0.1, 0.15) is 60.1 Å². The summed E-state index contributed by atoms with van der Waals surface area (Å²) < 4.78 is 20.6. The molecule has 1 unspecified atom stereocenters. The van der Waals surface area contributed by atoms with Gasteiger partial charge in [0.15, 0.2) is 14.1 Å². The van der Waals surface area contributed by atoms with Gasteiger partial charge in [-0.1, -0.05) is 78.8 Å². The van der Waals surface area contributed by atoms with E-state index in [1.165, 1.54) is 5.56 Å². The van der Waals surface area contributed by atoms with Crippen molar-refractivity contribution in [1.82, 2.24) is 0 Å². The van der Waals surface area contributed by atoms with Crippen LogP contribution in [0.2, 0.25) is 35.8 Å². The average Bonchev–Trinajstić information content (AvgIpc) is 3.21. The Morgan fingerprint density at radius 2 is 1.54 bits per heavy atom. The summed E-state index contributed by atoms with van der Waals surface area (Å²) in [6, 6.07) is 11.7. The SMILES string of the molecule is C[C@@H]1[C@@H](c2ccccc2)O[Si](C(C)(C)C)(C(C)(C)C)C[C@@H]2OC21O[Si](C)(C)C. The molecule has 5 heteroatoms. The number of ether oxygens (including phenoxy) is 1. The van der Waals surface area contributed by atoms with E-state index in [2.05, 4.69) is 98.4 Å². The summed E-state index contributed by atoms with van der Waals surface area (Å²) in [6.07, 6.45) is 0.142. The van der Waals surface area contributed by atoms with Gasteiger partial charge in [0.05, 0.1) is 6.10 Å². The zero-order valence-electron chi connectivity index (χ0n) is 19.6. The lowest BCUT2D eigenvalue weighted by Gasteiger charge is -2.52. The number of fused-ring (bicyclic) bond motifs is 1. The number of hydrogen-bond acceptors (Lipinski definition) is 3. The quantitative estimate of drug-likeness (QED) is 0.394. The fraction of sp³-hybridized carbons (Fsp3) is 0.739. The van der Waals surface area contributed by atoms with Crippen LogP contribution < -0.4 is 0 Å². The minimum Gasteiger partial charge on any atom is -0.408 e. The van der Waals surface area contributed by atoms with E-state index >= 15 is 0 Å². The molecule has 0 aromatic heterocycles. The van der Waals surface area contributed by atoms with Crippen molar-refractivity contribution in [2.75, 3.05) is 0 Å². The molecule has 158 valence electrons. The van der Waals surface area contributed by atoms with E-state index in [0.717, 1.165) is 6.04 Å². The van der Waals surface area contributed by atoms with Crippen LogP contribution in [0.5, 0.6) is 0 Å². The van der Waals surface area contributed by atoms with Crippen molar-refractivity contribution in [2.45, 2.75) is 102 Å². The van der Waals surface area contributed by atoms with Crippen molar-refractivity contribution in [3.63, 3.8) is 0 Å². The normalized spacial score (nSPS) is 33.1. The molecule has 4 atom stereocenters. The molecule has 2 heterocycles. The Hall–Kier alpha value is -0.466. The maximum Gasteiger partial charge on any atom is 0.206 e. The molecule has 0 radical (unpaired) electrons. The second-order valence-electron chi connectivity index (χ2n) is 11.8. The van der Waals surface area contributed by atoms with Crippen molar-refractivity contribution in [2.24, 2.45) is 5.92 Å². The molecule has 0 spiro atoms. The van der Waals surface area contributed by atoms with E-state index in [1.54, 1.807) is 0 Å². The van der Waals surface area contributed by atoms with Crippen molar-refractivity contribution < 1.29 is 13.6 Å². The summed E-state index contributed by atoms with van der Waals surface area (Å²) in [5, 5.41) is 0.193. The van der Waals surface area contributed by atoms with Gasteiger partial charge < -0.3 is 13.6 Å². The highest BCUT2D eigenvalue weighted by Gasteiger charge is 2.72. The smallest absolute Gasteiger partial charge is 0.206 e. The fourth-order valence-corrected chi connectivity index (χ4v) is 12.6. The Kier molecular flexibility index (Phi) is 5.38. The van der Waals surface area contributed by atoms with Crippen molar-refractivity contribution >= 4 is 16.6 Å². The van der Waals surface area contributed by atoms with Crippen LogP contribution in [-0.4, -0.2) is 28.5 Å². The number of epoxide rings is 1. The van der Waals surface area contributed by atoms with Crippen molar-refractivity contribution in [3.05, 3.63) is 35.9 Å². The van der Waals surface area contributed by atoms with Crippen LogP contribution in [-0.2, 0) is 13.6 Å². The lowest BCUT2D eigenvalue weighted by atomic mass is 9.91. The van der Waals surface area contributed by atoms with Gasteiger partial charge in [0, 0.05) is 5.92 Å². The molecular weight excluding hydrogens is 380 g/mol. The summed E-state index contributed by atoms with van der Waals surface area (Å²) >= 11 is 0. The number of benzene rings is 1. The lowest BCUT2D eigenvalue weighted by Crippen LogP contribution is -2.55. The van der Waals surface area contributed by atoms with E-state index in [-0.39, 0.29) is 28.2 Å². The predicted molar refractivity (Wildman–Crippen MR) is 121 cm³/mol. The average molecular weight is 421 g/mol. The third-order valence-corrected chi connectivity index (χ3v) is 14.0. The fourth-order valence-electron chi connectivity index (χ4n) is 5.36. The highest BCUT2D eigenvalue weighted by molar-refractivity contribution is 6.79. The Morgan fingerprint density at radius 1 is 1.00 bits per heavy atom. The first-order valence-corrected chi connectivity index (χ1v) is 16.3. The van der Waals surface area contributed by atoms with Crippen molar-refractivity contribution in [1.29, 1.82) is 0 Å². The first-order chi connectivity index (χ1) is 12.6. The summed E-state index contributed by atoms with van der Waals surface area (Å²) in [7, 11) is -4.03. The maximum absolute atomic E-state index is 7.36. The molecule has 0 amide bonds. The molecule has 2 saturated heterocycles. The molecule has 2 fully saturated rings. The van der Waals surface area contributed by atoms with Gasteiger partial charge in [-0.3, -0.25) is 0 Å². The molecule has 0 bridgehead atoms. The van der Waals surface area contributed by atoms with E-state index < -0.39 is 22.4 Å². The number of rotatable bonds is 3. The highest BCUT2D eigenvalue weighted by atomic mass is 28.4. The zero-order valence-corrected chi connectivity index (χ0v) is 21.6. The Labute approximate surface area is 174 Å². The second-order valence-corrected chi connectivity index (χ2v) is 21.5. The molecule has 2 aliphatic rings. The number of hydrogen-bond donors (Lipinski definition) is 0. The van der Waals surface area contributed by atoms with Gasteiger partial charge in [-0.15, -0.1) is 0 Å². The van der Waals surface area contributed by atoms with Crippen LogP contribution >= 0.6 is 0 Å². The van der Waals surface area contributed by atoms with Gasteiger partial charge in [0.2, 0.25) is 8.32 Å². The Balaban J connectivity index is 2.15. The van der Waals surface area contributed by atoms with Crippen LogP contribution in [0.4, 0.5) is 0 Å². The van der Waals surface area contributed by atoms with E-state index in [1.807, 2.05) is 0 Å². The van der Waals surface area contributed by atoms with Crippen LogP contribution in [0, 0.1) is 5.92 Å². The molecule has 0 N–H and O–H groups in total. The molecule has 28 heavy (non-hydrogen) atoms. The molecule has 2 aliphatic heterocycles. The first kappa shape index (κ1) is 22.2. The van der Waals surface area contributed by atoms with Gasteiger partial charge in [-0.25, -0.2) is 0 Å².